The molecular weight excluding hydrogens is 326 g/mol. The zero-order chi connectivity index (χ0) is 16.4. The highest BCUT2D eigenvalue weighted by atomic mass is 32.2. The van der Waals surface area contributed by atoms with Gasteiger partial charge in [-0.1, -0.05) is 0 Å². The molecule has 7 nitrogen and oxygen atoms in total. The first-order valence-electron chi connectivity index (χ1n) is 7.03. The number of benzene rings is 1. The first-order chi connectivity index (χ1) is 10.3. The lowest BCUT2D eigenvalue weighted by Gasteiger charge is -2.23. The summed E-state index contributed by atoms with van der Waals surface area (Å²) in [5.74, 6) is 0. The highest BCUT2D eigenvalue weighted by molar-refractivity contribution is 7.90. The number of piperidine rings is 1. The van der Waals surface area contributed by atoms with E-state index < -0.39 is 20.0 Å². The molecule has 1 unspecified atom stereocenters. The van der Waals surface area contributed by atoms with Crippen molar-refractivity contribution in [3.05, 3.63) is 23.8 Å². The fourth-order valence-corrected chi connectivity index (χ4v) is 4.75. The average molecular weight is 347 g/mol. The van der Waals surface area contributed by atoms with Crippen LogP contribution in [0.25, 0.3) is 0 Å². The maximum atomic E-state index is 12.4. The highest BCUT2D eigenvalue weighted by Crippen LogP contribution is 2.20. The molecule has 2 rings (SSSR count). The van der Waals surface area contributed by atoms with Crippen molar-refractivity contribution in [2.45, 2.75) is 35.6 Å². The third kappa shape index (κ3) is 3.85. The van der Waals surface area contributed by atoms with Crippen LogP contribution in [0.1, 0.15) is 18.4 Å². The first-order valence-corrected chi connectivity index (χ1v) is 10.00. The van der Waals surface area contributed by atoms with Crippen molar-refractivity contribution < 1.29 is 16.8 Å². The van der Waals surface area contributed by atoms with Crippen LogP contribution < -0.4 is 14.8 Å². The lowest BCUT2D eigenvalue weighted by molar-refractivity contribution is 0.428. The Morgan fingerprint density at radius 3 is 2.45 bits per heavy atom. The monoisotopic (exact) mass is 347 g/mol. The molecule has 0 saturated carbocycles. The van der Waals surface area contributed by atoms with Crippen molar-refractivity contribution in [3.63, 3.8) is 0 Å². The zero-order valence-corrected chi connectivity index (χ0v) is 14.2. The van der Waals surface area contributed by atoms with Crippen molar-refractivity contribution >= 4 is 20.0 Å². The molecule has 9 heteroatoms. The molecule has 22 heavy (non-hydrogen) atoms. The van der Waals surface area contributed by atoms with E-state index in [9.17, 15) is 16.8 Å². The second-order valence-corrected chi connectivity index (χ2v) is 8.87. The molecule has 1 saturated heterocycles. The van der Waals surface area contributed by atoms with Gasteiger partial charge in [-0.3, -0.25) is 0 Å². The Hall–Kier alpha value is -1.00. The van der Waals surface area contributed by atoms with Crippen LogP contribution in [0.3, 0.4) is 0 Å². The number of rotatable bonds is 5. The van der Waals surface area contributed by atoms with Gasteiger partial charge in [-0.15, -0.1) is 0 Å². The van der Waals surface area contributed by atoms with Gasteiger partial charge in [0.2, 0.25) is 20.0 Å². The van der Waals surface area contributed by atoms with Crippen LogP contribution >= 0.6 is 0 Å². The van der Waals surface area contributed by atoms with Gasteiger partial charge in [0, 0.05) is 12.6 Å². The average Bonchev–Trinajstić information content (AvgIpc) is 2.47. The third-order valence-electron chi connectivity index (χ3n) is 3.63. The van der Waals surface area contributed by atoms with Crippen LogP contribution in [-0.2, 0) is 20.0 Å². The Kier molecular flexibility index (Phi) is 5.23. The molecular formula is C13H21N3O4S2. The minimum atomic E-state index is -3.66. The Labute approximate surface area is 131 Å². The first kappa shape index (κ1) is 17.4. The fraction of sp³-hybridized carbons (Fsp3) is 0.538. The van der Waals surface area contributed by atoms with Gasteiger partial charge in [0.15, 0.2) is 0 Å². The Morgan fingerprint density at radius 2 is 1.91 bits per heavy atom. The van der Waals surface area contributed by atoms with Crippen molar-refractivity contribution in [2.24, 2.45) is 0 Å². The van der Waals surface area contributed by atoms with Gasteiger partial charge in [0.05, 0.1) is 9.79 Å². The molecule has 0 spiro atoms. The maximum absolute atomic E-state index is 12.4. The molecule has 1 aliphatic rings. The highest BCUT2D eigenvalue weighted by Gasteiger charge is 2.23. The summed E-state index contributed by atoms with van der Waals surface area (Å²) < 4.78 is 53.3. The molecule has 0 bridgehead atoms. The lowest BCUT2D eigenvalue weighted by atomic mass is 10.1. The maximum Gasteiger partial charge on any atom is 0.240 e. The van der Waals surface area contributed by atoms with E-state index in [0.29, 0.717) is 12.1 Å². The number of nitrogens with one attached hydrogen (secondary N) is 3. The largest absolute Gasteiger partial charge is 0.315 e. The summed E-state index contributed by atoms with van der Waals surface area (Å²) in [5, 5.41) is 3.14. The molecule has 3 N–H and O–H groups in total. The van der Waals surface area contributed by atoms with Gasteiger partial charge in [-0.05, 0) is 57.1 Å². The lowest BCUT2D eigenvalue weighted by Crippen LogP contribution is -2.45. The molecule has 1 aromatic carbocycles. The van der Waals surface area contributed by atoms with Crippen LogP contribution in [0.15, 0.2) is 28.0 Å². The Balaban J connectivity index is 2.27. The number of hydrogen-bond donors (Lipinski definition) is 3. The van der Waals surface area contributed by atoms with Gasteiger partial charge in [0.25, 0.3) is 0 Å². The summed E-state index contributed by atoms with van der Waals surface area (Å²) in [5.41, 5.74) is 0.388. The second kappa shape index (κ2) is 6.63. The van der Waals surface area contributed by atoms with Gasteiger partial charge < -0.3 is 5.32 Å². The predicted octanol–water partition coefficient (Wildman–Crippen LogP) is -0.0666. The minimum Gasteiger partial charge on any atom is -0.315 e. The van der Waals surface area contributed by atoms with E-state index in [2.05, 4.69) is 14.8 Å². The quantitative estimate of drug-likeness (QED) is 0.692. The summed E-state index contributed by atoms with van der Waals surface area (Å²) in [4.78, 5) is 0.152. The molecule has 1 aromatic rings. The Morgan fingerprint density at radius 1 is 1.18 bits per heavy atom. The predicted molar refractivity (Wildman–Crippen MR) is 83.6 cm³/mol. The van der Waals surface area contributed by atoms with Crippen molar-refractivity contribution in [1.82, 2.24) is 14.8 Å². The summed E-state index contributed by atoms with van der Waals surface area (Å²) in [7, 11) is -5.93. The number of aryl methyl sites for hydroxylation is 1. The Bertz CT molecular complexity index is 739. The fourth-order valence-electron chi connectivity index (χ4n) is 2.44. The summed E-state index contributed by atoms with van der Waals surface area (Å²) in [6, 6.07) is 3.87. The van der Waals surface area contributed by atoms with E-state index in [0.717, 1.165) is 19.4 Å². The zero-order valence-electron chi connectivity index (χ0n) is 12.6. The normalized spacial score (nSPS) is 20.0. The van der Waals surface area contributed by atoms with Gasteiger partial charge in [-0.25, -0.2) is 26.3 Å². The number of hydrogen-bond acceptors (Lipinski definition) is 5. The van der Waals surface area contributed by atoms with Crippen LogP contribution in [0.5, 0.6) is 0 Å². The molecule has 0 amide bonds. The van der Waals surface area contributed by atoms with E-state index in [1.165, 1.54) is 25.2 Å². The molecule has 1 atom stereocenters. The second-order valence-electron chi connectivity index (χ2n) is 5.30. The summed E-state index contributed by atoms with van der Waals surface area (Å²) in [6.45, 7) is 3.07. The van der Waals surface area contributed by atoms with E-state index in [-0.39, 0.29) is 15.8 Å². The molecule has 1 aliphatic heterocycles. The van der Waals surface area contributed by atoms with Crippen LogP contribution in [0.4, 0.5) is 0 Å². The standard InChI is InChI=1S/C13H21N3O4S2/c1-10-8-12(5-6-13(10)22(19,20)14-2)21(17,18)16-11-4-3-7-15-9-11/h5-6,8,11,14-16H,3-4,7,9H2,1-2H3. The van der Waals surface area contributed by atoms with Crippen molar-refractivity contribution in [1.29, 1.82) is 0 Å². The van der Waals surface area contributed by atoms with Crippen molar-refractivity contribution in [2.75, 3.05) is 20.1 Å². The molecule has 1 fully saturated rings. The minimum absolute atomic E-state index is 0.0747. The van der Waals surface area contributed by atoms with E-state index in [1.54, 1.807) is 6.92 Å². The molecule has 124 valence electrons. The smallest absolute Gasteiger partial charge is 0.240 e. The molecule has 1 heterocycles. The molecule has 0 radical (unpaired) electrons. The molecule has 0 aliphatic carbocycles. The topological polar surface area (TPSA) is 104 Å². The van der Waals surface area contributed by atoms with Gasteiger partial charge >= 0.3 is 0 Å². The van der Waals surface area contributed by atoms with Gasteiger partial charge in [-0.2, -0.15) is 0 Å². The van der Waals surface area contributed by atoms with Gasteiger partial charge in [0.1, 0.15) is 0 Å². The third-order valence-corrected chi connectivity index (χ3v) is 6.73. The summed E-state index contributed by atoms with van der Waals surface area (Å²) in [6.07, 6.45) is 1.71. The van der Waals surface area contributed by atoms with E-state index in [4.69, 9.17) is 0 Å². The number of sulfonamides is 2. The SMILES string of the molecule is CNS(=O)(=O)c1ccc(S(=O)(=O)NC2CCCNC2)cc1C. The molecule has 0 aromatic heterocycles. The van der Waals surface area contributed by atoms with Crippen LogP contribution in [0, 0.1) is 6.92 Å². The van der Waals surface area contributed by atoms with Crippen LogP contribution in [-0.4, -0.2) is 43.0 Å². The van der Waals surface area contributed by atoms with Crippen LogP contribution in [0.2, 0.25) is 0 Å². The van der Waals surface area contributed by atoms with E-state index >= 15 is 0 Å². The van der Waals surface area contributed by atoms with Crippen molar-refractivity contribution in [3.8, 4) is 0 Å². The van der Waals surface area contributed by atoms with E-state index in [1.807, 2.05) is 0 Å². The summed E-state index contributed by atoms with van der Waals surface area (Å²) >= 11 is 0.